The number of phenols is 2. The largest absolute Gasteiger partial charge is 0.747 e. The molecule has 1 aromatic carbocycles. The molecule has 0 aliphatic heterocycles. The minimum Gasteiger partial charge on any atom is -0.747 e. The van der Waals surface area contributed by atoms with Crippen molar-refractivity contribution >= 4 is 10.1 Å². The van der Waals surface area contributed by atoms with Crippen molar-refractivity contribution in [2.75, 3.05) is 0 Å². The molecule has 1 rings (SSSR count). The molecule has 0 saturated heterocycles. The Labute approximate surface area is 81.4 Å². The maximum atomic E-state index is 10.6. The average molecular weight is 217 g/mol. The van der Waals surface area contributed by atoms with Crippen molar-refractivity contribution in [2.24, 2.45) is 0 Å². The van der Waals surface area contributed by atoms with Crippen LogP contribution in [0, 0.1) is 0 Å². The molecule has 5 nitrogen and oxygen atoms in total. The predicted molar refractivity (Wildman–Crippen MR) is 47.9 cm³/mol. The minimum atomic E-state index is -4.52. The number of phenolic OH excluding ortho intramolecular Hbond substituents is 2. The molecule has 78 valence electrons. The third kappa shape index (κ3) is 2.15. The highest BCUT2D eigenvalue weighted by Crippen LogP contribution is 2.31. The van der Waals surface area contributed by atoms with Gasteiger partial charge in [-0.25, -0.2) is 8.42 Å². The van der Waals surface area contributed by atoms with E-state index in [1.165, 1.54) is 6.07 Å². The van der Waals surface area contributed by atoms with Gasteiger partial charge in [-0.15, -0.1) is 0 Å². The molecule has 1 atom stereocenters. The summed E-state index contributed by atoms with van der Waals surface area (Å²) in [4.78, 5) is 0. The lowest BCUT2D eigenvalue weighted by Gasteiger charge is -2.17. The second-order valence-corrected chi connectivity index (χ2v) is 4.57. The Balaban J connectivity index is 3.26. The molecule has 14 heavy (non-hydrogen) atoms. The van der Waals surface area contributed by atoms with Gasteiger partial charge in [0.1, 0.15) is 21.6 Å². The van der Waals surface area contributed by atoms with Gasteiger partial charge in [-0.05, 0) is 25.1 Å². The fourth-order valence-corrected chi connectivity index (χ4v) is 1.52. The fourth-order valence-electron chi connectivity index (χ4n) is 1.02. The Morgan fingerprint density at radius 2 is 1.93 bits per heavy atom. The van der Waals surface area contributed by atoms with Crippen LogP contribution >= 0.6 is 0 Å². The summed E-state index contributed by atoms with van der Waals surface area (Å²) in [5.41, 5.74) is -0.0972. The van der Waals surface area contributed by atoms with Crippen LogP contribution < -0.4 is 0 Å². The van der Waals surface area contributed by atoms with Crippen LogP contribution in [0.3, 0.4) is 0 Å². The summed E-state index contributed by atoms with van der Waals surface area (Å²) in [5.74, 6) is -0.525. The van der Waals surface area contributed by atoms with Crippen LogP contribution in [0.2, 0.25) is 0 Å². The van der Waals surface area contributed by atoms with E-state index in [0.29, 0.717) is 0 Å². The van der Waals surface area contributed by atoms with Crippen molar-refractivity contribution < 1.29 is 23.2 Å². The van der Waals surface area contributed by atoms with Gasteiger partial charge in [0.2, 0.25) is 0 Å². The molecule has 0 radical (unpaired) electrons. The first kappa shape index (κ1) is 10.8. The third-order valence-corrected chi connectivity index (χ3v) is 3.00. The zero-order valence-corrected chi connectivity index (χ0v) is 8.15. The van der Waals surface area contributed by atoms with E-state index in [9.17, 15) is 18.1 Å². The highest BCUT2D eigenvalue weighted by molar-refractivity contribution is 7.85. The monoisotopic (exact) mass is 217 g/mol. The number of hydrogen-bond donors (Lipinski definition) is 2. The maximum Gasteiger partial charge on any atom is 0.120 e. The van der Waals surface area contributed by atoms with Crippen LogP contribution in [0.1, 0.15) is 17.7 Å². The normalized spacial score (nSPS) is 13.9. The molecule has 0 fully saturated rings. The molecule has 6 heteroatoms. The van der Waals surface area contributed by atoms with Gasteiger partial charge in [-0.1, -0.05) is 0 Å². The summed E-state index contributed by atoms with van der Waals surface area (Å²) in [6.07, 6.45) is 0. The molecule has 0 bridgehead atoms. The summed E-state index contributed by atoms with van der Waals surface area (Å²) < 4.78 is 31.9. The van der Waals surface area contributed by atoms with Crippen LogP contribution in [0.5, 0.6) is 11.5 Å². The Morgan fingerprint density at radius 3 is 2.43 bits per heavy atom. The summed E-state index contributed by atoms with van der Waals surface area (Å²) in [6, 6.07) is 3.38. The minimum absolute atomic E-state index is 0.0972. The summed E-state index contributed by atoms with van der Waals surface area (Å²) in [5, 5.41) is 16.9. The van der Waals surface area contributed by atoms with E-state index < -0.39 is 15.4 Å². The lowest BCUT2D eigenvalue weighted by atomic mass is 10.1. The molecule has 0 aliphatic carbocycles. The van der Waals surface area contributed by atoms with E-state index in [1.807, 2.05) is 0 Å². The standard InChI is InChI=1S/C8H10O5S/c1-5(14(11,12)13)7-4-6(9)2-3-8(7)10/h2-5,9-10H,1H3,(H,11,12,13)/p-1. The highest BCUT2D eigenvalue weighted by Gasteiger charge is 2.16. The molecule has 0 amide bonds. The van der Waals surface area contributed by atoms with Crippen molar-refractivity contribution in [1.82, 2.24) is 0 Å². The van der Waals surface area contributed by atoms with Crippen molar-refractivity contribution in [3.05, 3.63) is 23.8 Å². The SMILES string of the molecule is CC(c1cc(O)ccc1O)S(=O)(=O)[O-]. The second kappa shape index (κ2) is 3.47. The van der Waals surface area contributed by atoms with Gasteiger partial charge in [-0.3, -0.25) is 0 Å². The van der Waals surface area contributed by atoms with Crippen LogP contribution in [0.25, 0.3) is 0 Å². The van der Waals surface area contributed by atoms with Gasteiger partial charge < -0.3 is 14.8 Å². The molecular weight excluding hydrogens is 208 g/mol. The van der Waals surface area contributed by atoms with Crippen LogP contribution in [-0.4, -0.2) is 23.2 Å². The second-order valence-electron chi connectivity index (χ2n) is 2.88. The first-order chi connectivity index (χ1) is 6.32. The molecule has 1 unspecified atom stereocenters. The fraction of sp³-hybridized carbons (Fsp3) is 0.250. The Kier molecular flexibility index (Phi) is 2.68. The number of aromatic hydroxyl groups is 2. The van der Waals surface area contributed by atoms with Gasteiger partial charge in [0.25, 0.3) is 0 Å². The number of hydrogen-bond acceptors (Lipinski definition) is 5. The topological polar surface area (TPSA) is 97.7 Å². The molecular formula is C8H9O5S-. The van der Waals surface area contributed by atoms with Crippen molar-refractivity contribution in [2.45, 2.75) is 12.2 Å². The van der Waals surface area contributed by atoms with Gasteiger partial charge in [-0.2, -0.15) is 0 Å². The van der Waals surface area contributed by atoms with E-state index in [4.69, 9.17) is 5.11 Å². The first-order valence-corrected chi connectivity index (χ1v) is 5.26. The van der Waals surface area contributed by atoms with Crippen LogP contribution in [0.15, 0.2) is 18.2 Å². The first-order valence-electron chi connectivity index (χ1n) is 3.79. The van der Waals surface area contributed by atoms with Gasteiger partial charge in [0, 0.05) is 5.56 Å². The maximum absolute atomic E-state index is 10.6. The van der Waals surface area contributed by atoms with Gasteiger partial charge in [0.05, 0.1) is 5.25 Å². The lowest BCUT2D eigenvalue weighted by molar-refractivity contribution is 0.438. The van der Waals surface area contributed by atoms with E-state index >= 15 is 0 Å². The van der Waals surface area contributed by atoms with Crippen molar-refractivity contribution in [3.63, 3.8) is 0 Å². The molecule has 0 saturated carbocycles. The van der Waals surface area contributed by atoms with E-state index in [2.05, 4.69) is 0 Å². The summed E-state index contributed by atoms with van der Waals surface area (Å²) in [6.45, 7) is 1.15. The van der Waals surface area contributed by atoms with Crippen LogP contribution in [-0.2, 0) is 10.1 Å². The number of rotatable bonds is 2. The Morgan fingerprint density at radius 1 is 1.36 bits per heavy atom. The molecule has 1 aromatic rings. The average Bonchev–Trinajstić information content (AvgIpc) is 2.06. The molecule has 0 heterocycles. The quantitative estimate of drug-likeness (QED) is 0.561. The third-order valence-electron chi connectivity index (χ3n) is 1.88. The summed E-state index contributed by atoms with van der Waals surface area (Å²) in [7, 11) is -4.52. The highest BCUT2D eigenvalue weighted by atomic mass is 32.2. The van der Waals surface area contributed by atoms with E-state index in [0.717, 1.165) is 19.1 Å². The molecule has 2 N–H and O–H groups in total. The molecule has 0 aromatic heterocycles. The molecule has 0 aliphatic rings. The Bertz CT molecular complexity index is 437. The zero-order chi connectivity index (χ0) is 10.9. The van der Waals surface area contributed by atoms with Gasteiger partial charge >= 0.3 is 0 Å². The van der Waals surface area contributed by atoms with Crippen molar-refractivity contribution in [3.8, 4) is 11.5 Å². The zero-order valence-electron chi connectivity index (χ0n) is 7.34. The lowest BCUT2D eigenvalue weighted by Crippen LogP contribution is -2.08. The van der Waals surface area contributed by atoms with Crippen LogP contribution in [0.4, 0.5) is 0 Å². The number of benzene rings is 1. The predicted octanol–water partition coefficient (Wildman–Crippen LogP) is 0.704. The van der Waals surface area contributed by atoms with E-state index in [1.54, 1.807) is 0 Å². The van der Waals surface area contributed by atoms with Gasteiger partial charge in [0.15, 0.2) is 0 Å². The molecule has 0 spiro atoms. The summed E-state index contributed by atoms with van der Waals surface area (Å²) >= 11 is 0. The van der Waals surface area contributed by atoms with E-state index in [-0.39, 0.29) is 17.1 Å². The smallest absolute Gasteiger partial charge is 0.120 e. The Hall–Kier alpha value is -1.27. The van der Waals surface area contributed by atoms with Crippen molar-refractivity contribution in [1.29, 1.82) is 0 Å².